The molecular formula is C14H28N2O2. The topological polar surface area (TPSA) is 32.8 Å². The molecule has 1 aliphatic heterocycles. The Kier molecular flexibility index (Phi) is 6.09. The van der Waals surface area contributed by atoms with E-state index in [0.29, 0.717) is 12.0 Å². The van der Waals surface area contributed by atoms with Crippen LogP contribution in [0.5, 0.6) is 0 Å². The average molecular weight is 256 g/mol. The summed E-state index contributed by atoms with van der Waals surface area (Å²) in [4.78, 5) is 16.5. The van der Waals surface area contributed by atoms with Crippen LogP contribution in [0.15, 0.2) is 0 Å². The third-order valence-corrected chi connectivity index (χ3v) is 4.01. The first-order chi connectivity index (χ1) is 8.51. The maximum Gasteiger partial charge on any atom is 0.323 e. The number of methoxy groups -OCH3 is 1. The highest BCUT2D eigenvalue weighted by Gasteiger charge is 2.37. The predicted molar refractivity (Wildman–Crippen MR) is 73.5 cm³/mol. The van der Waals surface area contributed by atoms with Crippen molar-refractivity contribution < 1.29 is 9.53 Å². The number of carbonyl (C=O) groups is 1. The molecule has 0 aromatic carbocycles. The smallest absolute Gasteiger partial charge is 0.323 e. The van der Waals surface area contributed by atoms with Crippen LogP contribution in [0.3, 0.4) is 0 Å². The van der Waals surface area contributed by atoms with Crippen LogP contribution in [-0.2, 0) is 9.53 Å². The molecule has 0 aromatic rings. The van der Waals surface area contributed by atoms with E-state index >= 15 is 0 Å². The molecule has 0 spiro atoms. The van der Waals surface area contributed by atoms with E-state index in [1.807, 2.05) is 0 Å². The highest BCUT2D eigenvalue weighted by Crippen LogP contribution is 2.24. The molecule has 0 bridgehead atoms. The van der Waals surface area contributed by atoms with Gasteiger partial charge in [-0.2, -0.15) is 0 Å². The average Bonchev–Trinajstić information content (AvgIpc) is 2.71. The van der Waals surface area contributed by atoms with Crippen LogP contribution in [0.25, 0.3) is 0 Å². The Morgan fingerprint density at radius 1 is 1.44 bits per heavy atom. The van der Waals surface area contributed by atoms with Crippen molar-refractivity contribution in [2.24, 2.45) is 5.92 Å². The van der Waals surface area contributed by atoms with Crippen LogP contribution < -0.4 is 0 Å². The van der Waals surface area contributed by atoms with Gasteiger partial charge in [0.05, 0.1) is 7.11 Å². The Labute approximate surface area is 111 Å². The fraction of sp³-hybridized carbons (Fsp3) is 0.929. The predicted octanol–water partition coefficient (Wildman–Crippen LogP) is 1.60. The van der Waals surface area contributed by atoms with E-state index in [1.165, 1.54) is 7.11 Å². The summed E-state index contributed by atoms with van der Waals surface area (Å²) in [5.74, 6) is 0.531. The van der Waals surface area contributed by atoms with Gasteiger partial charge < -0.3 is 9.64 Å². The van der Waals surface area contributed by atoms with Crippen molar-refractivity contribution in [3.05, 3.63) is 0 Å². The third kappa shape index (κ3) is 3.69. The molecule has 0 aromatic heterocycles. The zero-order valence-corrected chi connectivity index (χ0v) is 12.5. The van der Waals surface area contributed by atoms with Gasteiger partial charge in [-0.25, -0.2) is 0 Å². The van der Waals surface area contributed by atoms with Crippen LogP contribution in [-0.4, -0.2) is 62.1 Å². The molecular weight excluding hydrogens is 228 g/mol. The highest BCUT2D eigenvalue weighted by molar-refractivity contribution is 5.75. The first kappa shape index (κ1) is 15.4. The monoisotopic (exact) mass is 256 g/mol. The van der Waals surface area contributed by atoms with E-state index in [9.17, 15) is 4.79 Å². The Hall–Kier alpha value is -0.610. The lowest BCUT2D eigenvalue weighted by Gasteiger charge is -2.26. The summed E-state index contributed by atoms with van der Waals surface area (Å²) < 4.78 is 4.96. The van der Waals surface area contributed by atoms with Gasteiger partial charge in [0.15, 0.2) is 0 Å². The maximum absolute atomic E-state index is 11.9. The van der Waals surface area contributed by atoms with Gasteiger partial charge in [0.2, 0.25) is 0 Å². The van der Waals surface area contributed by atoms with Gasteiger partial charge in [-0.15, -0.1) is 0 Å². The van der Waals surface area contributed by atoms with E-state index in [2.05, 4.69) is 37.7 Å². The van der Waals surface area contributed by atoms with Crippen molar-refractivity contribution >= 4 is 5.97 Å². The number of hydrogen-bond donors (Lipinski definition) is 0. The number of hydrogen-bond acceptors (Lipinski definition) is 4. The summed E-state index contributed by atoms with van der Waals surface area (Å²) in [6.07, 6.45) is 3.11. The fourth-order valence-electron chi connectivity index (χ4n) is 2.90. The second-order valence-electron chi connectivity index (χ2n) is 5.64. The first-order valence-electron chi connectivity index (χ1n) is 6.99. The molecule has 1 rings (SSSR count). The summed E-state index contributed by atoms with van der Waals surface area (Å²) in [5.41, 5.74) is 0. The van der Waals surface area contributed by atoms with E-state index < -0.39 is 0 Å². The molecule has 3 unspecified atom stereocenters. The van der Waals surface area contributed by atoms with Gasteiger partial charge in [0, 0.05) is 19.1 Å². The van der Waals surface area contributed by atoms with Gasteiger partial charge in [-0.05, 0) is 26.4 Å². The van der Waals surface area contributed by atoms with Crippen LogP contribution in [0.1, 0.15) is 33.1 Å². The molecule has 3 atom stereocenters. The zero-order valence-electron chi connectivity index (χ0n) is 12.5. The minimum absolute atomic E-state index is 0.0534. The number of likely N-dealkylation sites (tertiary alicyclic amines) is 1. The lowest BCUT2D eigenvalue weighted by molar-refractivity contribution is -0.147. The van der Waals surface area contributed by atoms with Crippen molar-refractivity contribution in [2.75, 3.05) is 34.3 Å². The molecule has 0 saturated carbocycles. The van der Waals surface area contributed by atoms with Gasteiger partial charge in [-0.1, -0.05) is 26.7 Å². The maximum atomic E-state index is 11.9. The van der Waals surface area contributed by atoms with Gasteiger partial charge in [0.1, 0.15) is 6.04 Å². The number of carbonyl (C=O) groups excluding carboxylic acids is 1. The summed E-state index contributed by atoms with van der Waals surface area (Å²) in [6.45, 7) is 6.38. The number of likely N-dealkylation sites (N-methyl/N-ethyl adjacent to an activating group) is 1. The molecule has 4 nitrogen and oxygen atoms in total. The number of ether oxygens (including phenoxy) is 1. The summed E-state index contributed by atoms with van der Waals surface area (Å²) >= 11 is 0. The van der Waals surface area contributed by atoms with Gasteiger partial charge in [0.25, 0.3) is 0 Å². The molecule has 4 heteroatoms. The van der Waals surface area contributed by atoms with Crippen LogP contribution >= 0.6 is 0 Å². The van der Waals surface area contributed by atoms with Crippen molar-refractivity contribution in [2.45, 2.75) is 45.2 Å². The summed E-state index contributed by atoms with van der Waals surface area (Å²) in [7, 11) is 5.72. The van der Waals surface area contributed by atoms with Crippen LogP contribution in [0.4, 0.5) is 0 Å². The van der Waals surface area contributed by atoms with Crippen molar-refractivity contribution in [1.29, 1.82) is 0 Å². The molecule has 106 valence electrons. The molecule has 0 radical (unpaired) electrons. The SMILES string of the molecule is CCCCC(C(=O)OC)N1CC(C)C(N(C)C)C1. The lowest BCUT2D eigenvalue weighted by Crippen LogP contribution is -2.42. The van der Waals surface area contributed by atoms with Crippen molar-refractivity contribution in [3.8, 4) is 0 Å². The molecule has 1 saturated heterocycles. The standard InChI is InChI=1S/C14H28N2O2/c1-6-7-8-12(14(17)18-5)16-9-11(2)13(10-16)15(3)4/h11-13H,6-10H2,1-5H3. The quantitative estimate of drug-likeness (QED) is 0.676. The highest BCUT2D eigenvalue weighted by atomic mass is 16.5. The number of nitrogens with zero attached hydrogens (tertiary/aromatic N) is 2. The third-order valence-electron chi connectivity index (χ3n) is 4.01. The van der Waals surface area contributed by atoms with E-state index in [4.69, 9.17) is 4.74 Å². The molecule has 0 amide bonds. The molecule has 1 heterocycles. The van der Waals surface area contributed by atoms with E-state index in [0.717, 1.165) is 32.4 Å². The van der Waals surface area contributed by atoms with E-state index in [1.54, 1.807) is 0 Å². The Bertz CT molecular complexity index is 269. The number of rotatable bonds is 6. The molecule has 0 aliphatic carbocycles. The molecule has 1 aliphatic rings. The summed E-state index contributed by atoms with van der Waals surface area (Å²) in [6, 6.07) is 0.487. The largest absolute Gasteiger partial charge is 0.468 e. The Morgan fingerprint density at radius 3 is 2.56 bits per heavy atom. The Balaban J connectivity index is 2.66. The van der Waals surface area contributed by atoms with Crippen LogP contribution in [0, 0.1) is 5.92 Å². The second-order valence-corrected chi connectivity index (χ2v) is 5.64. The molecule has 18 heavy (non-hydrogen) atoms. The van der Waals surface area contributed by atoms with Crippen molar-refractivity contribution in [1.82, 2.24) is 9.80 Å². The number of esters is 1. The lowest BCUT2D eigenvalue weighted by atomic mass is 10.1. The first-order valence-corrected chi connectivity index (χ1v) is 6.99. The zero-order chi connectivity index (χ0) is 13.7. The van der Waals surface area contributed by atoms with Gasteiger partial charge in [-0.3, -0.25) is 9.69 Å². The minimum atomic E-state index is -0.0740. The van der Waals surface area contributed by atoms with Crippen molar-refractivity contribution in [3.63, 3.8) is 0 Å². The normalized spacial score (nSPS) is 26.6. The fourth-order valence-corrected chi connectivity index (χ4v) is 2.90. The molecule has 0 N–H and O–H groups in total. The molecule has 1 fully saturated rings. The summed E-state index contributed by atoms with van der Waals surface area (Å²) in [5, 5.41) is 0. The minimum Gasteiger partial charge on any atom is -0.468 e. The second kappa shape index (κ2) is 7.10. The number of unbranched alkanes of at least 4 members (excludes halogenated alkanes) is 1. The van der Waals surface area contributed by atoms with Crippen LogP contribution in [0.2, 0.25) is 0 Å². The Morgan fingerprint density at radius 2 is 2.11 bits per heavy atom. The van der Waals surface area contributed by atoms with E-state index in [-0.39, 0.29) is 12.0 Å². The van der Waals surface area contributed by atoms with Gasteiger partial charge >= 0.3 is 5.97 Å².